The molecule has 0 bridgehead atoms. The van der Waals surface area contributed by atoms with Crippen LogP contribution in [0.15, 0.2) is 53.0 Å². The molecule has 2 heterocycles. The monoisotopic (exact) mass is 361 g/mol. The molecule has 0 saturated heterocycles. The summed E-state index contributed by atoms with van der Waals surface area (Å²) in [6.45, 7) is 1.86. The fourth-order valence-corrected chi connectivity index (χ4v) is 3.60. The number of anilines is 1. The zero-order valence-electron chi connectivity index (χ0n) is 13.2. The highest BCUT2D eigenvalue weighted by molar-refractivity contribution is 7.80. The quantitative estimate of drug-likeness (QED) is 0.819. The number of thiophene rings is 1. The fraction of sp³-hybridized carbons (Fsp3) is 0.176. The van der Waals surface area contributed by atoms with Gasteiger partial charge in [-0.3, -0.25) is 4.79 Å². The van der Waals surface area contributed by atoms with E-state index in [0.29, 0.717) is 16.4 Å². The van der Waals surface area contributed by atoms with Gasteiger partial charge in [0.2, 0.25) is 0 Å². The Morgan fingerprint density at radius 3 is 2.83 bits per heavy atom. The molecule has 1 atom stereocenters. The number of halogens is 1. The number of carbonyl (C=O) groups excluding carboxylic acids is 1. The third kappa shape index (κ3) is 3.18. The Bertz CT molecular complexity index is 817. The lowest BCUT2D eigenvalue weighted by atomic mass is 10.00. The van der Waals surface area contributed by atoms with E-state index in [1.165, 1.54) is 12.1 Å². The number of benzene rings is 1. The van der Waals surface area contributed by atoms with E-state index in [4.69, 9.17) is 12.2 Å². The molecule has 2 N–H and O–H groups in total. The molecule has 1 aliphatic heterocycles. The van der Waals surface area contributed by atoms with E-state index in [9.17, 15) is 9.18 Å². The van der Waals surface area contributed by atoms with Crippen molar-refractivity contribution in [1.29, 1.82) is 0 Å². The zero-order chi connectivity index (χ0) is 17.3. The highest BCUT2D eigenvalue weighted by Gasteiger charge is 2.33. The molecule has 0 spiro atoms. The van der Waals surface area contributed by atoms with Gasteiger partial charge < -0.3 is 15.5 Å². The number of hydrogen-bond donors (Lipinski definition) is 2. The van der Waals surface area contributed by atoms with Gasteiger partial charge in [-0.1, -0.05) is 12.1 Å². The Labute approximate surface area is 149 Å². The first-order valence-corrected chi connectivity index (χ1v) is 8.61. The molecule has 4 nitrogen and oxygen atoms in total. The second-order valence-electron chi connectivity index (χ2n) is 5.42. The molecule has 3 rings (SSSR count). The predicted octanol–water partition coefficient (Wildman–Crippen LogP) is 3.66. The van der Waals surface area contributed by atoms with Gasteiger partial charge in [0.1, 0.15) is 5.82 Å². The second-order valence-corrected chi connectivity index (χ2v) is 6.79. The summed E-state index contributed by atoms with van der Waals surface area (Å²) in [5.41, 5.74) is 1.75. The zero-order valence-corrected chi connectivity index (χ0v) is 14.8. The van der Waals surface area contributed by atoms with E-state index >= 15 is 0 Å². The van der Waals surface area contributed by atoms with E-state index in [-0.39, 0.29) is 11.9 Å². The summed E-state index contributed by atoms with van der Waals surface area (Å²) in [4.78, 5) is 15.6. The lowest BCUT2D eigenvalue weighted by Crippen LogP contribution is -2.46. The van der Waals surface area contributed by atoms with Crippen molar-refractivity contribution in [3.63, 3.8) is 0 Å². The summed E-state index contributed by atoms with van der Waals surface area (Å²) >= 11 is 6.90. The lowest BCUT2D eigenvalue weighted by molar-refractivity contribution is -0.113. The minimum atomic E-state index is -0.395. The van der Waals surface area contributed by atoms with Gasteiger partial charge in [0.25, 0.3) is 5.91 Å². The number of hydrogen-bond acceptors (Lipinski definition) is 3. The number of carbonyl (C=O) groups is 1. The van der Waals surface area contributed by atoms with Gasteiger partial charge in [-0.15, -0.1) is 11.3 Å². The van der Waals surface area contributed by atoms with Crippen molar-refractivity contribution in [2.75, 3.05) is 12.4 Å². The van der Waals surface area contributed by atoms with Crippen LogP contribution in [0.2, 0.25) is 0 Å². The van der Waals surface area contributed by atoms with Gasteiger partial charge in [-0.25, -0.2) is 4.39 Å². The Hall–Kier alpha value is -2.25. The van der Waals surface area contributed by atoms with Crippen molar-refractivity contribution >= 4 is 40.3 Å². The average molecular weight is 361 g/mol. The lowest BCUT2D eigenvalue weighted by Gasteiger charge is -2.35. The summed E-state index contributed by atoms with van der Waals surface area (Å²) in [7, 11) is 1.81. The minimum Gasteiger partial charge on any atom is -0.350 e. The highest BCUT2D eigenvalue weighted by atomic mass is 32.1. The van der Waals surface area contributed by atoms with Gasteiger partial charge >= 0.3 is 0 Å². The first-order chi connectivity index (χ1) is 11.5. The maximum atomic E-state index is 13.4. The number of allylic oxidation sites excluding steroid dienone is 1. The van der Waals surface area contributed by atoms with E-state index in [1.807, 2.05) is 31.5 Å². The summed E-state index contributed by atoms with van der Waals surface area (Å²) in [6.07, 6.45) is 0. The second kappa shape index (κ2) is 6.70. The molecule has 7 heteroatoms. The average Bonchev–Trinajstić information content (AvgIpc) is 3.06. The molecule has 1 aromatic heterocycles. The number of rotatable bonds is 3. The fourth-order valence-electron chi connectivity index (χ4n) is 2.56. The number of amides is 1. The number of thiocarbonyl (C=S) groups is 1. The maximum absolute atomic E-state index is 13.4. The maximum Gasteiger partial charge on any atom is 0.255 e. The van der Waals surface area contributed by atoms with Crippen molar-refractivity contribution in [1.82, 2.24) is 10.2 Å². The molecule has 0 aliphatic carbocycles. The van der Waals surface area contributed by atoms with E-state index in [1.54, 1.807) is 28.4 Å². The van der Waals surface area contributed by atoms with Crippen LogP contribution in [0.5, 0.6) is 0 Å². The van der Waals surface area contributed by atoms with Crippen LogP contribution >= 0.6 is 23.6 Å². The van der Waals surface area contributed by atoms with Gasteiger partial charge in [0.15, 0.2) is 5.11 Å². The Morgan fingerprint density at radius 1 is 1.38 bits per heavy atom. The summed E-state index contributed by atoms with van der Waals surface area (Å²) in [5.74, 6) is -0.674. The van der Waals surface area contributed by atoms with Crippen LogP contribution < -0.4 is 10.6 Å². The molecule has 0 saturated carbocycles. The number of nitrogens with zero attached hydrogens (tertiary/aromatic N) is 1. The Morgan fingerprint density at radius 2 is 2.17 bits per heavy atom. The summed E-state index contributed by atoms with van der Waals surface area (Å²) in [5, 5.41) is 8.49. The van der Waals surface area contributed by atoms with Crippen molar-refractivity contribution in [2.45, 2.75) is 13.0 Å². The molecule has 1 aliphatic rings. The molecular formula is C17H16FN3OS2. The van der Waals surface area contributed by atoms with Crippen LogP contribution in [-0.2, 0) is 4.79 Å². The SMILES string of the molecule is CC1=C(C(=O)Nc2cccc(F)c2)[C@@H](c2cccs2)NC(=S)N1C. The number of nitrogens with one attached hydrogen (secondary N) is 2. The van der Waals surface area contributed by atoms with E-state index in [2.05, 4.69) is 10.6 Å². The van der Waals surface area contributed by atoms with Gasteiger partial charge in [0.05, 0.1) is 11.6 Å². The molecule has 124 valence electrons. The third-order valence-corrected chi connectivity index (χ3v) is 5.24. The molecule has 1 aromatic carbocycles. The summed E-state index contributed by atoms with van der Waals surface area (Å²) < 4.78 is 13.4. The topological polar surface area (TPSA) is 44.4 Å². The molecule has 2 aromatic rings. The van der Waals surface area contributed by atoms with Gasteiger partial charge in [-0.2, -0.15) is 0 Å². The largest absolute Gasteiger partial charge is 0.350 e. The van der Waals surface area contributed by atoms with Crippen molar-refractivity contribution < 1.29 is 9.18 Å². The van der Waals surface area contributed by atoms with Crippen molar-refractivity contribution in [3.05, 3.63) is 63.7 Å². The molecule has 0 unspecified atom stereocenters. The van der Waals surface area contributed by atoms with Gasteiger partial charge in [-0.05, 0) is 48.8 Å². The van der Waals surface area contributed by atoms with Crippen LogP contribution in [0.25, 0.3) is 0 Å². The smallest absolute Gasteiger partial charge is 0.255 e. The minimum absolute atomic E-state index is 0.279. The van der Waals surface area contributed by atoms with Crippen LogP contribution in [0.1, 0.15) is 17.8 Å². The third-order valence-electron chi connectivity index (χ3n) is 3.91. The van der Waals surface area contributed by atoms with Crippen molar-refractivity contribution in [2.24, 2.45) is 0 Å². The van der Waals surface area contributed by atoms with Gasteiger partial charge in [0, 0.05) is 23.3 Å². The van der Waals surface area contributed by atoms with Crippen LogP contribution in [-0.4, -0.2) is 23.0 Å². The molecule has 0 radical (unpaired) electrons. The first kappa shape index (κ1) is 16.6. The van der Waals surface area contributed by atoms with E-state index in [0.717, 1.165) is 10.6 Å². The summed E-state index contributed by atoms with van der Waals surface area (Å²) in [6, 6.07) is 9.41. The van der Waals surface area contributed by atoms with E-state index < -0.39 is 5.82 Å². The molecule has 24 heavy (non-hydrogen) atoms. The molecule has 1 amide bonds. The molecule has 0 fully saturated rings. The highest BCUT2D eigenvalue weighted by Crippen LogP contribution is 2.33. The van der Waals surface area contributed by atoms with Crippen LogP contribution in [0.4, 0.5) is 10.1 Å². The standard InChI is InChI=1S/C17H16FN3OS2/c1-10-14(16(22)19-12-6-3-5-11(18)9-12)15(13-7-4-8-24-13)20-17(23)21(10)2/h3-9,15H,1-2H3,(H,19,22)(H,20,23)/t15-/m1/s1. The molecular weight excluding hydrogens is 345 g/mol. The van der Waals surface area contributed by atoms with Crippen LogP contribution in [0.3, 0.4) is 0 Å². The first-order valence-electron chi connectivity index (χ1n) is 7.32. The van der Waals surface area contributed by atoms with Crippen molar-refractivity contribution in [3.8, 4) is 0 Å². The Balaban J connectivity index is 1.97. The normalized spacial score (nSPS) is 17.7. The van der Waals surface area contributed by atoms with Crippen LogP contribution in [0, 0.1) is 5.82 Å². The predicted molar refractivity (Wildman–Crippen MR) is 98.3 cm³/mol. The Kier molecular flexibility index (Phi) is 4.64.